The molecule has 146 valence electrons. The minimum absolute atomic E-state index is 0.154. The number of carbonyl (C=O) groups is 1. The maximum Gasteiger partial charge on any atom is 0.229 e. The van der Waals surface area contributed by atoms with E-state index in [1.54, 1.807) is 48.0 Å². The first kappa shape index (κ1) is 20.1. The van der Waals surface area contributed by atoms with Gasteiger partial charge in [0.2, 0.25) is 15.8 Å². The molecule has 1 N–H and O–H groups in total. The highest BCUT2D eigenvalue weighted by molar-refractivity contribution is 7.92. The third kappa shape index (κ3) is 4.61. The molecule has 0 amide bonds. The van der Waals surface area contributed by atoms with Gasteiger partial charge in [-0.25, -0.2) is 12.8 Å². The fourth-order valence-electron chi connectivity index (χ4n) is 2.87. The van der Waals surface area contributed by atoms with E-state index in [2.05, 4.69) is 4.72 Å². The van der Waals surface area contributed by atoms with Gasteiger partial charge in [0.1, 0.15) is 5.82 Å². The van der Waals surface area contributed by atoms with Crippen LogP contribution in [0.4, 0.5) is 10.1 Å². The third-order valence-corrected chi connectivity index (χ3v) is 5.15. The standard InChI is InChI=1S/C20H18ClFN2O3S/c1-24-17(9-10-19(24)20(25)13-3-6-15(21)7-4-13)11-14-5-8-16(12-18(14)22)23-28(2,26)27/h3-10,12,23H,11H2,1-2H3. The number of sulfonamides is 1. The molecule has 0 saturated carbocycles. The lowest BCUT2D eigenvalue weighted by atomic mass is 10.1. The fourth-order valence-corrected chi connectivity index (χ4v) is 3.55. The molecule has 0 fully saturated rings. The topological polar surface area (TPSA) is 68.2 Å². The van der Waals surface area contributed by atoms with E-state index in [4.69, 9.17) is 11.6 Å². The smallest absolute Gasteiger partial charge is 0.229 e. The first-order valence-electron chi connectivity index (χ1n) is 8.35. The molecule has 1 heterocycles. The second-order valence-electron chi connectivity index (χ2n) is 6.46. The van der Waals surface area contributed by atoms with Crippen molar-refractivity contribution in [3.05, 3.63) is 88.0 Å². The van der Waals surface area contributed by atoms with Crippen LogP contribution in [0.3, 0.4) is 0 Å². The average Bonchev–Trinajstić information content (AvgIpc) is 2.96. The Labute approximate surface area is 167 Å². The lowest BCUT2D eigenvalue weighted by molar-refractivity contribution is 0.103. The van der Waals surface area contributed by atoms with Gasteiger partial charge in [0, 0.05) is 29.7 Å². The normalized spacial score (nSPS) is 11.4. The molecule has 1 aromatic heterocycles. The number of halogens is 2. The van der Waals surface area contributed by atoms with Crippen LogP contribution in [-0.4, -0.2) is 25.0 Å². The van der Waals surface area contributed by atoms with E-state index in [0.29, 0.717) is 21.8 Å². The number of benzene rings is 2. The number of hydrogen-bond acceptors (Lipinski definition) is 3. The zero-order chi connectivity index (χ0) is 20.5. The summed E-state index contributed by atoms with van der Waals surface area (Å²) in [6.45, 7) is 0. The molecule has 0 saturated heterocycles. The molecule has 0 unspecified atom stereocenters. The molecule has 0 bridgehead atoms. The molecule has 5 nitrogen and oxygen atoms in total. The van der Waals surface area contributed by atoms with E-state index < -0.39 is 15.8 Å². The lowest BCUT2D eigenvalue weighted by Gasteiger charge is -2.10. The second-order valence-corrected chi connectivity index (χ2v) is 8.65. The summed E-state index contributed by atoms with van der Waals surface area (Å²) >= 11 is 5.86. The van der Waals surface area contributed by atoms with Crippen molar-refractivity contribution < 1.29 is 17.6 Å². The third-order valence-electron chi connectivity index (χ3n) is 4.29. The van der Waals surface area contributed by atoms with Crippen LogP contribution < -0.4 is 4.72 Å². The summed E-state index contributed by atoms with van der Waals surface area (Å²) in [5, 5.41) is 0.549. The summed E-state index contributed by atoms with van der Waals surface area (Å²) in [5.41, 5.74) is 2.30. The Bertz CT molecular complexity index is 1140. The number of nitrogens with one attached hydrogen (secondary N) is 1. The van der Waals surface area contributed by atoms with E-state index >= 15 is 0 Å². The zero-order valence-corrected chi connectivity index (χ0v) is 16.8. The number of carbonyl (C=O) groups excluding carboxylic acids is 1. The van der Waals surface area contributed by atoms with E-state index in [-0.39, 0.29) is 17.9 Å². The Hall–Kier alpha value is -2.64. The van der Waals surface area contributed by atoms with Crippen LogP contribution in [-0.2, 0) is 23.5 Å². The number of aromatic nitrogens is 1. The van der Waals surface area contributed by atoms with Gasteiger partial charge in [-0.3, -0.25) is 9.52 Å². The largest absolute Gasteiger partial charge is 0.345 e. The Balaban J connectivity index is 1.83. The predicted octanol–water partition coefficient (Wildman–Crippen LogP) is 4.01. The van der Waals surface area contributed by atoms with Crippen molar-refractivity contribution in [3.8, 4) is 0 Å². The monoisotopic (exact) mass is 420 g/mol. The number of anilines is 1. The van der Waals surface area contributed by atoms with Gasteiger partial charge in [-0.1, -0.05) is 17.7 Å². The predicted molar refractivity (Wildman–Crippen MR) is 108 cm³/mol. The van der Waals surface area contributed by atoms with Crippen LogP contribution in [0.1, 0.15) is 27.3 Å². The molecule has 28 heavy (non-hydrogen) atoms. The summed E-state index contributed by atoms with van der Waals surface area (Å²) in [4.78, 5) is 12.7. The molecule has 0 aliphatic carbocycles. The molecule has 3 aromatic rings. The van der Waals surface area contributed by atoms with Crippen LogP contribution >= 0.6 is 11.6 Å². The van der Waals surface area contributed by atoms with E-state index in [9.17, 15) is 17.6 Å². The number of nitrogens with zero attached hydrogens (tertiary/aromatic N) is 1. The Morgan fingerprint density at radius 1 is 1.11 bits per heavy atom. The summed E-state index contributed by atoms with van der Waals surface area (Å²) in [6.07, 6.45) is 1.26. The minimum atomic E-state index is -3.47. The fraction of sp³-hybridized carbons (Fsp3) is 0.150. The molecule has 0 aliphatic rings. The van der Waals surface area contributed by atoms with Crippen molar-refractivity contribution in [2.24, 2.45) is 7.05 Å². The molecular formula is C20H18ClFN2O3S. The summed E-state index contributed by atoms with van der Waals surface area (Å²) in [5.74, 6) is -0.681. The van der Waals surface area contributed by atoms with Crippen LogP contribution in [0.2, 0.25) is 5.02 Å². The van der Waals surface area contributed by atoms with Gasteiger partial charge in [0.15, 0.2) is 0 Å². The molecule has 0 radical (unpaired) electrons. The maximum atomic E-state index is 14.4. The minimum Gasteiger partial charge on any atom is -0.345 e. The molecule has 2 aromatic carbocycles. The quantitative estimate of drug-likeness (QED) is 0.612. The van der Waals surface area contributed by atoms with Gasteiger partial charge in [0.25, 0.3) is 0 Å². The summed E-state index contributed by atoms with van der Waals surface area (Å²) in [6, 6.07) is 14.3. The first-order valence-corrected chi connectivity index (χ1v) is 10.6. The molecule has 0 atom stereocenters. The van der Waals surface area contributed by atoms with Crippen molar-refractivity contribution in [3.63, 3.8) is 0 Å². The molecule has 0 aliphatic heterocycles. The van der Waals surface area contributed by atoms with Gasteiger partial charge in [-0.2, -0.15) is 0 Å². The highest BCUT2D eigenvalue weighted by Gasteiger charge is 2.16. The van der Waals surface area contributed by atoms with E-state index in [1.165, 1.54) is 12.1 Å². The van der Waals surface area contributed by atoms with Crippen molar-refractivity contribution in [1.29, 1.82) is 0 Å². The second kappa shape index (κ2) is 7.77. The molecule has 3 rings (SSSR count). The Morgan fingerprint density at radius 2 is 1.79 bits per heavy atom. The van der Waals surface area contributed by atoms with Crippen LogP contribution in [0.5, 0.6) is 0 Å². The van der Waals surface area contributed by atoms with E-state index in [0.717, 1.165) is 18.0 Å². The van der Waals surface area contributed by atoms with E-state index in [1.807, 2.05) is 0 Å². The SMILES string of the molecule is Cn1c(Cc2ccc(NS(C)(=O)=O)cc2F)ccc1C(=O)c1ccc(Cl)cc1. The maximum absolute atomic E-state index is 14.4. The Kier molecular flexibility index (Phi) is 5.58. The van der Waals surface area contributed by atoms with Crippen LogP contribution in [0.25, 0.3) is 0 Å². The average molecular weight is 421 g/mol. The highest BCUT2D eigenvalue weighted by atomic mass is 35.5. The zero-order valence-electron chi connectivity index (χ0n) is 15.2. The van der Waals surface area contributed by atoms with Gasteiger partial charge < -0.3 is 4.57 Å². The van der Waals surface area contributed by atoms with Crippen LogP contribution in [0.15, 0.2) is 54.6 Å². The summed E-state index contributed by atoms with van der Waals surface area (Å²) < 4.78 is 40.9. The number of ketones is 1. The first-order chi connectivity index (χ1) is 13.1. The van der Waals surface area contributed by atoms with Crippen molar-refractivity contribution in [2.75, 3.05) is 11.0 Å². The highest BCUT2D eigenvalue weighted by Crippen LogP contribution is 2.21. The van der Waals surface area contributed by atoms with Gasteiger partial charge in [-0.15, -0.1) is 0 Å². The van der Waals surface area contributed by atoms with Crippen molar-refractivity contribution in [1.82, 2.24) is 4.57 Å². The number of hydrogen-bond donors (Lipinski definition) is 1. The number of rotatable bonds is 6. The van der Waals surface area contributed by atoms with Gasteiger partial charge >= 0.3 is 0 Å². The molecular weight excluding hydrogens is 403 g/mol. The summed E-state index contributed by atoms with van der Waals surface area (Å²) in [7, 11) is -1.73. The molecule has 8 heteroatoms. The van der Waals surface area contributed by atoms with Crippen molar-refractivity contribution in [2.45, 2.75) is 6.42 Å². The lowest BCUT2D eigenvalue weighted by Crippen LogP contribution is -2.11. The van der Waals surface area contributed by atoms with Gasteiger partial charge in [-0.05, 0) is 54.1 Å². The van der Waals surface area contributed by atoms with Crippen molar-refractivity contribution >= 4 is 33.1 Å². The molecule has 0 spiro atoms. The Morgan fingerprint density at radius 3 is 2.39 bits per heavy atom. The van der Waals surface area contributed by atoms with Gasteiger partial charge in [0.05, 0.1) is 17.6 Å². The van der Waals surface area contributed by atoms with Crippen LogP contribution in [0, 0.1) is 5.82 Å².